The molecule has 1 aromatic carbocycles. The fraction of sp³-hybridized carbons (Fsp3) is 0.692. The summed E-state index contributed by atoms with van der Waals surface area (Å²) in [5.41, 5.74) is 1.27. The van der Waals surface area contributed by atoms with Gasteiger partial charge in [-0.15, -0.1) is 0 Å². The predicted octanol–water partition coefficient (Wildman–Crippen LogP) is 3.63. The number of rotatable bonds is 6. The minimum absolute atomic E-state index is 0.153. The van der Waals surface area contributed by atoms with E-state index in [0.29, 0.717) is 17.9 Å². The Kier molecular flexibility index (Phi) is 8.01. The lowest BCUT2D eigenvalue weighted by Crippen LogP contribution is -2.51. The van der Waals surface area contributed by atoms with E-state index in [-0.39, 0.29) is 11.8 Å². The number of carbonyl (C=O) groups is 2. The van der Waals surface area contributed by atoms with Crippen molar-refractivity contribution in [3.05, 3.63) is 35.9 Å². The summed E-state index contributed by atoms with van der Waals surface area (Å²) < 4.78 is 0. The first-order valence-electron chi connectivity index (χ1n) is 12.5. The first-order chi connectivity index (χ1) is 15.2. The third-order valence-corrected chi connectivity index (χ3v) is 7.70. The standard InChI is InChI=1S/C26H39N3O2/c30-25(27-16-11-21-7-3-1-4-8-21)22-12-17-28(18-13-22)24-14-19-29(20-15-24)26(31)23-9-5-2-6-10-23/h1,3-4,7-8,22-24H,2,5-6,9-20H2,(H,27,30). The Balaban J connectivity index is 1.14. The van der Waals surface area contributed by atoms with E-state index in [1.54, 1.807) is 0 Å². The van der Waals surface area contributed by atoms with Crippen molar-refractivity contribution in [2.45, 2.75) is 70.3 Å². The second-order valence-electron chi connectivity index (χ2n) is 9.73. The zero-order valence-corrected chi connectivity index (χ0v) is 18.9. The zero-order valence-electron chi connectivity index (χ0n) is 18.9. The molecule has 2 heterocycles. The van der Waals surface area contributed by atoms with Gasteiger partial charge in [-0.3, -0.25) is 9.59 Å². The summed E-state index contributed by atoms with van der Waals surface area (Å²) in [6.07, 6.45) is 10.9. The van der Waals surface area contributed by atoms with E-state index in [0.717, 1.165) is 77.7 Å². The maximum absolute atomic E-state index is 12.8. The number of amides is 2. The lowest BCUT2D eigenvalue weighted by molar-refractivity contribution is -0.138. The molecular formula is C26H39N3O2. The molecule has 0 bridgehead atoms. The summed E-state index contributed by atoms with van der Waals surface area (Å²) >= 11 is 0. The summed E-state index contributed by atoms with van der Waals surface area (Å²) in [4.78, 5) is 30.1. The molecule has 1 N–H and O–H groups in total. The van der Waals surface area contributed by atoms with E-state index < -0.39 is 0 Å². The Morgan fingerprint density at radius 2 is 1.48 bits per heavy atom. The van der Waals surface area contributed by atoms with Crippen LogP contribution < -0.4 is 5.32 Å². The molecule has 170 valence electrons. The van der Waals surface area contributed by atoms with Crippen molar-refractivity contribution in [2.75, 3.05) is 32.7 Å². The van der Waals surface area contributed by atoms with Gasteiger partial charge in [-0.1, -0.05) is 49.6 Å². The molecule has 2 amide bonds. The molecule has 0 spiro atoms. The van der Waals surface area contributed by atoms with Crippen LogP contribution in [0.3, 0.4) is 0 Å². The predicted molar refractivity (Wildman–Crippen MR) is 124 cm³/mol. The average molecular weight is 426 g/mol. The molecular weight excluding hydrogens is 386 g/mol. The maximum atomic E-state index is 12.8. The van der Waals surface area contributed by atoms with Gasteiger partial charge >= 0.3 is 0 Å². The van der Waals surface area contributed by atoms with Crippen LogP contribution in [0.4, 0.5) is 0 Å². The molecule has 1 aliphatic carbocycles. The SMILES string of the molecule is O=C(NCCc1ccccc1)C1CCN(C2CCN(C(=O)C3CCCCC3)CC2)CC1. The Morgan fingerprint density at radius 3 is 2.16 bits per heavy atom. The van der Waals surface area contributed by atoms with Gasteiger partial charge in [0.2, 0.25) is 11.8 Å². The molecule has 3 aliphatic rings. The van der Waals surface area contributed by atoms with Gasteiger partial charge in [0, 0.05) is 37.5 Å². The lowest BCUT2D eigenvalue weighted by Gasteiger charge is -2.42. The Labute approximate surface area is 187 Å². The van der Waals surface area contributed by atoms with Crippen molar-refractivity contribution >= 4 is 11.8 Å². The van der Waals surface area contributed by atoms with Crippen molar-refractivity contribution < 1.29 is 9.59 Å². The minimum Gasteiger partial charge on any atom is -0.356 e. The highest BCUT2D eigenvalue weighted by atomic mass is 16.2. The van der Waals surface area contributed by atoms with Gasteiger partial charge in [-0.25, -0.2) is 0 Å². The van der Waals surface area contributed by atoms with Crippen LogP contribution in [-0.4, -0.2) is 60.4 Å². The second-order valence-corrected chi connectivity index (χ2v) is 9.73. The molecule has 0 aromatic heterocycles. The van der Waals surface area contributed by atoms with Crippen molar-refractivity contribution in [1.29, 1.82) is 0 Å². The normalized spacial score (nSPS) is 22.4. The molecule has 2 saturated heterocycles. The van der Waals surface area contributed by atoms with Crippen LogP contribution in [0, 0.1) is 11.8 Å². The smallest absolute Gasteiger partial charge is 0.225 e. The highest BCUT2D eigenvalue weighted by molar-refractivity contribution is 5.79. The van der Waals surface area contributed by atoms with Gasteiger partial charge in [-0.05, 0) is 63.6 Å². The number of hydrogen-bond donors (Lipinski definition) is 1. The molecule has 0 radical (unpaired) electrons. The van der Waals surface area contributed by atoms with E-state index in [9.17, 15) is 9.59 Å². The fourth-order valence-electron chi connectivity index (χ4n) is 5.70. The molecule has 3 fully saturated rings. The van der Waals surface area contributed by atoms with Gasteiger partial charge in [0.15, 0.2) is 0 Å². The van der Waals surface area contributed by atoms with Crippen LogP contribution in [0.5, 0.6) is 0 Å². The average Bonchev–Trinajstić information content (AvgIpc) is 2.85. The Morgan fingerprint density at radius 1 is 0.806 bits per heavy atom. The lowest BCUT2D eigenvalue weighted by atomic mass is 9.87. The zero-order chi connectivity index (χ0) is 21.5. The van der Waals surface area contributed by atoms with Crippen LogP contribution in [0.1, 0.15) is 63.4 Å². The molecule has 1 saturated carbocycles. The van der Waals surface area contributed by atoms with Gasteiger partial charge < -0.3 is 15.1 Å². The monoisotopic (exact) mass is 425 g/mol. The highest BCUT2D eigenvalue weighted by Gasteiger charge is 2.33. The number of piperidine rings is 2. The molecule has 31 heavy (non-hydrogen) atoms. The molecule has 5 nitrogen and oxygen atoms in total. The van der Waals surface area contributed by atoms with Crippen LogP contribution in [0.2, 0.25) is 0 Å². The first kappa shape index (κ1) is 22.3. The number of likely N-dealkylation sites (tertiary alicyclic amines) is 2. The van der Waals surface area contributed by atoms with E-state index in [2.05, 4.69) is 27.2 Å². The fourth-order valence-corrected chi connectivity index (χ4v) is 5.70. The quantitative estimate of drug-likeness (QED) is 0.757. The maximum Gasteiger partial charge on any atom is 0.225 e. The van der Waals surface area contributed by atoms with Crippen LogP contribution in [-0.2, 0) is 16.0 Å². The Bertz CT molecular complexity index is 701. The van der Waals surface area contributed by atoms with Crippen molar-refractivity contribution in [3.8, 4) is 0 Å². The Hall–Kier alpha value is -1.88. The molecule has 1 aromatic rings. The number of benzene rings is 1. The summed E-state index contributed by atoms with van der Waals surface area (Å²) in [7, 11) is 0. The summed E-state index contributed by atoms with van der Waals surface area (Å²) in [5, 5.41) is 3.14. The van der Waals surface area contributed by atoms with E-state index in [4.69, 9.17) is 0 Å². The third-order valence-electron chi connectivity index (χ3n) is 7.70. The highest BCUT2D eigenvalue weighted by Crippen LogP contribution is 2.28. The van der Waals surface area contributed by atoms with Gasteiger partial charge in [0.1, 0.15) is 0 Å². The first-order valence-corrected chi connectivity index (χ1v) is 12.5. The summed E-state index contributed by atoms with van der Waals surface area (Å²) in [6.45, 7) is 4.58. The number of nitrogens with zero attached hydrogens (tertiary/aromatic N) is 2. The van der Waals surface area contributed by atoms with Gasteiger partial charge in [-0.2, -0.15) is 0 Å². The molecule has 0 atom stereocenters. The largest absolute Gasteiger partial charge is 0.356 e. The number of nitrogens with one attached hydrogen (secondary N) is 1. The second kappa shape index (κ2) is 11.1. The van der Waals surface area contributed by atoms with E-state index in [1.165, 1.54) is 24.8 Å². The van der Waals surface area contributed by atoms with Crippen LogP contribution in [0.25, 0.3) is 0 Å². The third kappa shape index (κ3) is 6.09. The van der Waals surface area contributed by atoms with Gasteiger partial charge in [0.05, 0.1) is 0 Å². The molecule has 0 unspecified atom stereocenters. The molecule has 4 rings (SSSR count). The van der Waals surface area contributed by atoms with Crippen molar-refractivity contribution in [3.63, 3.8) is 0 Å². The molecule has 2 aliphatic heterocycles. The van der Waals surface area contributed by atoms with E-state index in [1.807, 2.05) is 18.2 Å². The topological polar surface area (TPSA) is 52.7 Å². The van der Waals surface area contributed by atoms with Crippen LogP contribution >= 0.6 is 0 Å². The van der Waals surface area contributed by atoms with E-state index >= 15 is 0 Å². The van der Waals surface area contributed by atoms with Crippen molar-refractivity contribution in [2.24, 2.45) is 11.8 Å². The number of carbonyl (C=O) groups excluding carboxylic acids is 2. The summed E-state index contributed by atoms with van der Waals surface area (Å²) in [6, 6.07) is 10.9. The number of hydrogen-bond acceptors (Lipinski definition) is 3. The van der Waals surface area contributed by atoms with Crippen molar-refractivity contribution in [1.82, 2.24) is 15.1 Å². The van der Waals surface area contributed by atoms with Gasteiger partial charge in [0.25, 0.3) is 0 Å². The van der Waals surface area contributed by atoms with Crippen LogP contribution in [0.15, 0.2) is 30.3 Å². The minimum atomic E-state index is 0.153. The summed E-state index contributed by atoms with van der Waals surface area (Å²) in [5.74, 6) is 1.09. The molecule has 5 heteroatoms.